The largest absolute Gasteiger partial charge is 0.481 e. The number of hydrogen-bond donors (Lipinski definition) is 1. The van der Waals surface area contributed by atoms with E-state index in [2.05, 4.69) is 4.74 Å². The fraction of sp³-hybridized carbons (Fsp3) is 0.625. The van der Waals surface area contributed by atoms with Gasteiger partial charge in [-0.2, -0.15) is 0 Å². The Balaban J connectivity index is 4.22. The molecule has 70 valence electrons. The molecule has 0 saturated carbocycles. The molecule has 0 amide bonds. The Morgan fingerprint density at radius 3 is 2.17 bits per heavy atom. The van der Waals surface area contributed by atoms with E-state index in [-0.39, 0.29) is 18.1 Å². The highest BCUT2D eigenvalue weighted by Crippen LogP contribution is 2.04. The molecule has 0 aliphatic rings. The van der Waals surface area contributed by atoms with Crippen molar-refractivity contribution in [3.05, 3.63) is 11.5 Å². The lowest BCUT2D eigenvalue weighted by Crippen LogP contribution is -2.09. The third-order valence-electron chi connectivity index (χ3n) is 1.18. The zero-order chi connectivity index (χ0) is 9.56. The van der Waals surface area contributed by atoms with Crippen LogP contribution in [0.15, 0.2) is 11.5 Å². The summed E-state index contributed by atoms with van der Waals surface area (Å²) in [5.74, 6) is -0.917. The summed E-state index contributed by atoms with van der Waals surface area (Å²) in [6, 6.07) is 0. The van der Waals surface area contributed by atoms with E-state index in [4.69, 9.17) is 9.84 Å². The molecule has 0 fully saturated rings. The van der Waals surface area contributed by atoms with Gasteiger partial charge in [-0.25, -0.2) is 4.79 Å². The lowest BCUT2D eigenvalue weighted by Gasteiger charge is -2.05. The van der Waals surface area contributed by atoms with E-state index in [0.29, 0.717) is 6.61 Å². The summed E-state index contributed by atoms with van der Waals surface area (Å²) in [7, 11) is 0. The Morgan fingerprint density at radius 1 is 1.25 bits per heavy atom. The molecule has 0 rings (SSSR count). The van der Waals surface area contributed by atoms with Crippen LogP contribution in [-0.4, -0.2) is 24.3 Å². The molecule has 0 radical (unpaired) electrons. The second-order valence-corrected chi connectivity index (χ2v) is 2.08. The average Bonchev–Trinajstić information content (AvgIpc) is 2.04. The highest BCUT2D eigenvalue weighted by atomic mass is 16.6. The topological polar surface area (TPSA) is 55.8 Å². The first-order valence-corrected chi connectivity index (χ1v) is 3.83. The van der Waals surface area contributed by atoms with Gasteiger partial charge in [0.25, 0.3) is 5.95 Å². The molecule has 0 aliphatic carbocycles. The van der Waals surface area contributed by atoms with Crippen LogP contribution in [0.25, 0.3) is 0 Å². The van der Waals surface area contributed by atoms with E-state index < -0.39 is 5.97 Å². The van der Waals surface area contributed by atoms with Crippen molar-refractivity contribution in [2.75, 3.05) is 13.2 Å². The minimum Gasteiger partial charge on any atom is -0.481 e. The summed E-state index contributed by atoms with van der Waals surface area (Å²) in [5.41, 5.74) is 0.0960. The molecular formula is C8H14O4. The van der Waals surface area contributed by atoms with Gasteiger partial charge in [-0.1, -0.05) is 0 Å². The Bertz CT molecular complexity index is 183. The van der Waals surface area contributed by atoms with Crippen LogP contribution in [0.2, 0.25) is 0 Å². The minimum absolute atomic E-state index is 0.0960. The first-order chi connectivity index (χ1) is 5.63. The molecular weight excluding hydrogens is 160 g/mol. The van der Waals surface area contributed by atoms with Crippen molar-refractivity contribution in [3.8, 4) is 0 Å². The fourth-order valence-corrected chi connectivity index (χ4v) is 0.572. The smallest absolute Gasteiger partial charge is 0.340 e. The number of rotatable bonds is 4. The van der Waals surface area contributed by atoms with Gasteiger partial charge in [0.05, 0.1) is 13.2 Å². The van der Waals surface area contributed by atoms with Gasteiger partial charge < -0.3 is 14.6 Å². The number of carbonyl (C=O) groups is 1. The van der Waals surface area contributed by atoms with Crippen LogP contribution in [0.1, 0.15) is 20.8 Å². The lowest BCUT2D eigenvalue weighted by atomic mass is 10.3. The molecule has 4 nitrogen and oxygen atoms in total. The highest BCUT2D eigenvalue weighted by molar-refractivity contribution is 5.87. The predicted molar refractivity (Wildman–Crippen MR) is 43.6 cm³/mol. The van der Waals surface area contributed by atoms with Crippen LogP contribution in [0, 0.1) is 0 Å². The lowest BCUT2D eigenvalue weighted by molar-refractivity contribution is -0.139. The summed E-state index contributed by atoms with van der Waals surface area (Å²) in [6.45, 7) is 5.47. The van der Waals surface area contributed by atoms with Crippen molar-refractivity contribution < 1.29 is 19.4 Å². The van der Waals surface area contributed by atoms with Gasteiger partial charge in [0.15, 0.2) is 0 Å². The van der Waals surface area contributed by atoms with Gasteiger partial charge in [0.2, 0.25) is 0 Å². The van der Waals surface area contributed by atoms with Crippen LogP contribution >= 0.6 is 0 Å². The molecule has 0 bridgehead atoms. The average molecular weight is 174 g/mol. The molecule has 0 saturated heterocycles. The quantitative estimate of drug-likeness (QED) is 0.397. The van der Waals surface area contributed by atoms with E-state index in [9.17, 15) is 4.79 Å². The van der Waals surface area contributed by atoms with E-state index in [1.165, 1.54) is 6.92 Å². The zero-order valence-electron chi connectivity index (χ0n) is 7.59. The Labute approximate surface area is 71.8 Å². The number of aliphatic hydroxyl groups is 1. The van der Waals surface area contributed by atoms with Crippen LogP contribution in [-0.2, 0) is 14.3 Å². The molecule has 0 spiro atoms. The molecule has 0 aromatic heterocycles. The van der Waals surface area contributed by atoms with E-state index in [1.54, 1.807) is 13.8 Å². The normalized spacial score (nSPS) is 11.9. The number of carbonyl (C=O) groups excluding carboxylic acids is 1. The molecule has 0 aromatic carbocycles. The predicted octanol–water partition coefficient (Wildman–Crippen LogP) is 1.38. The van der Waals surface area contributed by atoms with Crippen LogP contribution in [0.4, 0.5) is 0 Å². The number of hydrogen-bond acceptors (Lipinski definition) is 4. The summed E-state index contributed by atoms with van der Waals surface area (Å²) in [5, 5.41) is 9.07. The molecule has 1 N–H and O–H groups in total. The van der Waals surface area contributed by atoms with Gasteiger partial charge >= 0.3 is 5.97 Å². The summed E-state index contributed by atoms with van der Waals surface area (Å²) >= 11 is 0. The summed E-state index contributed by atoms with van der Waals surface area (Å²) in [4.78, 5) is 10.9. The van der Waals surface area contributed by atoms with Crippen molar-refractivity contribution in [3.63, 3.8) is 0 Å². The number of ether oxygens (including phenoxy) is 2. The van der Waals surface area contributed by atoms with Crippen LogP contribution in [0.3, 0.4) is 0 Å². The highest BCUT2D eigenvalue weighted by Gasteiger charge is 2.11. The Morgan fingerprint density at radius 2 is 1.75 bits per heavy atom. The van der Waals surface area contributed by atoms with E-state index in [0.717, 1.165) is 0 Å². The minimum atomic E-state index is -0.552. The van der Waals surface area contributed by atoms with Crippen LogP contribution < -0.4 is 0 Å². The van der Waals surface area contributed by atoms with E-state index >= 15 is 0 Å². The summed E-state index contributed by atoms with van der Waals surface area (Å²) in [6.07, 6.45) is 0. The fourth-order valence-electron chi connectivity index (χ4n) is 0.572. The maximum atomic E-state index is 10.9. The molecule has 0 unspecified atom stereocenters. The maximum absolute atomic E-state index is 10.9. The van der Waals surface area contributed by atoms with Crippen molar-refractivity contribution in [1.29, 1.82) is 0 Å². The molecule has 0 atom stereocenters. The molecule has 0 aliphatic heterocycles. The third-order valence-corrected chi connectivity index (χ3v) is 1.18. The third kappa shape index (κ3) is 3.27. The van der Waals surface area contributed by atoms with Crippen molar-refractivity contribution in [1.82, 2.24) is 0 Å². The van der Waals surface area contributed by atoms with Crippen molar-refractivity contribution in [2.45, 2.75) is 20.8 Å². The molecule has 0 heterocycles. The SMILES string of the molecule is CCOC(=O)/C(C)=C(\O)OCC. The Hall–Kier alpha value is -1.19. The zero-order valence-corrected chi connectivity index (χ0v) is 7.59. The van der Waals surface area contributed by atoms with E-state index in [1.807, 2.05) is 0 Å². The number of aliphatic hydroxyl groups excluding tert-OH is 1. The summed E-state index contributed by atoms with van der Waals surface area (Å²) < 4.78 is 9.34. The van der Waals surface area contributed by atoms with Gasteiger partial charge in [-0.15, -0.1) is 0 Å². The maximum Gasteiger partial charge on any atom is 0.340 e. The van der Waals surface area contributed by atoms with Crippen molar-refractivity contribution >= 4 is 5.97 Å². The first-order valence-electron chi connectivity index (χ1n) is 3.83. The van der Waals surface area contributed by atoms with Crippen molar-refractivity contribution in [2.24, 2.45) is 0 Å². The van der Waals surface area contributed by atoms with Gasteiger partial charge in [0.1, 0.15) is 5.57 Å². The van der Waals surface area contributed by atoms with Gasteiger partial charge in [0, 0.05) is 0 Å². The first kappa shape index (κ1) is 10.8. The second-order valence-electron chi connectivity index (χ2n) is 2.08. The van der Waals surface area contributed by atoms with Gasteiger partial charge in [-0.3, -0.25) is 0 Å². The Kier molecular flexibility index (Phi) is 4.92. The van der Waals surface area contributed by atoms with Crippen LogP contribution in [0.5, 0.6) is 0 Å². The molecule has 12 heavy (non-hydrogen) atoms. The monoisotopic (exact) mass is 174 g/mol. The standard InChI is InChI=1S/C8H14O4/c1-4-11-7(9)6(3)8(10)12-5-2/h9H,4-5H2,1-3H3/b7-6+. The molecule has 0 aromatic rings. The van der Waals surface area contributed by atoms with Gasteiger partial charge in [-0.05, 0) is 20.8 Å². The molecule has 4 heteroatoms. The second kappa shape index (κ2) is 5.46. The number of esters is 1.